The quantitative estimate of drug-likeness (QED) is 0.557. The lowest BCUT2D eigenvalue weighted by atomic mass is 10.2. The van der Waals surface area contributed by atoms with Crippen molar-refractivity contribution in [2.75, 3.05) is 20.8 Å². The van der Waals surface area contributed by atoms with Crippen LogP contribution in [0.2, 0.25) is 0 Å². The first kappa shape index (κ1) is 20.6. The Morgan fingerprint density at radius 3 is 2.59 bits per heavy atom. The van der Waals surface area contributed by atoms with Crippen molar-refractivity contribution < 1.29 is 14.3 Å². The van der Waals surface area contributed by atoms with E-state index in [0.29, 0.717) is 24.5 Å². The first-order valence-corrected chi connectivity index (χ1v) is 10.2. The number of benzene rings is 2. The van der Waals surface area contributed by atoms with E-state index in [4.69, 9.17) is 9.47 Å². The molecule has 1 heterocycles. The molecule has 1 amide bonds. The number of aryl methyl sites for hydroxylation is 1. The van der Waals surface area contributed by atoms with Crippen LogP contribution in [0.3, 0.4) is 0 Å². The van der Waals surface area contributed by atoms with Crippen LogP contribution in [0.4, 0.5) is 0 Å². The number of ether oxygens (including phenoxy) is 2. The molecule has 1 N–H and O–H groups in total. The predicted molar refractivity (Wildman–Crippen MR) is 118 cm³/mol. The Bertz CT molecular complexity index is 994. The van der Waals surface area contributed by atoms with Gasteiger partial charge in [-0.3, -0.25) is 4.79 Å². The molecule has 0 unspecified atom stereocenters. The average Bonchev–Trinajstić information content (AvgIpc) is 3.21. The third-order valence-corrected chi connectivity index (χ3v) is 5.31. The van der Waals surface area contributed by atoms with Crippen LogP contribution in [0.5, 0.6) is 11.5 Å². The molecule has 0 aliphatic rings. The van der Waals surface area contributed by atoms with E-state index in [0.717, 1.165) is 21.8 Å². The van der Waals surface area contributed by atoms with Gasteiger partial charge in [0.25, 0.3) is 0 Å². The molecule has 0 bridgehead atoms. The minimum absolute atomic E-state index is 0.145. The fourth-order valence-electron chi connectivity index (χ4n) is 2.75. The van der Waals surface area contributed by atoms with Crippen LogP contribution in [0, 0.1) is 6.92 Å². The number of aromatic nitrogens is 1. The van der Waals surface area contributed by atoms with Crippen LogP contribution in [-0.2, 0) is 11.2 Å². The summed E-state index contributed by atoms with van der Waals surface area (Å²) < 4.78 is 10.5. The number of nitrogens with one attached hydrogen (secondary N) is 1. The second-order valence-electron chi connectivity index (χ2n) is 6.50. The molecular weight excluding hydrogens is 384 g/mol. The zero-order valence-corrected chi connectivity index (χ0v) is 17.6. The van der Waals surface area contributed by atoms with Gasteiger partial charge in [0.2, 0.25) is 5.91 Å². The van der Waals surface area contributed by atoms with Crippen molar-refractivity contribution in [3.8, 4) is 22.1 Å². The Balaban J connectivity index is 1.50. The number of rotatable bonds is 8. The van der Waals surface area contributed by atoms with Gasteiger partial charge in [0.05, 0.1) is 19.9 Å². The molecular formula is C23H24N2O3S. The Hall–Kier alpha value is -3.12. The minimum atomic E-state index is -0.145. The molecule has 5 nitrogen and oxygen atoms in total. The largest absolute Gasteiger partial charge is 0.493 e. The molecule has 150 valence electrons. The fraction of sp³-hybridized carbons (Fsp3) is 0.217. The number of amides is 1. The zero-order valence-electron chi connectivity index (χ0n) is 16.8. The topological polar surface area (TPSA) is 60.5 Å². The van der Waals surface area contributed by atoms with Crippen LogP contribution >= 0.6 is 11.3 Å². The second-order valence-corrected chi connectivity index (χ2v) is 7.36. The van der Waals surface area contributed by atoms with Crippen molar-refractivity contribution in [3.63, 3.8) is 0 Å². The van der Waals surface area contributed by atoms with Crippen molar-refractivity contribution in [2.45, 2.75) is 13.3 Å². The molecule has 6 heteroatoms. The minimum Gasteiger partial charge on any atom is -0.493 e. The van der Waals surface area contributed by atoms with Gasteiger partial charge in [-0.15, -0.1) is 11.3 Å². The van der Waals surface area contributed by atoms with Gasteiger partial charge in [-0.2, -0.15) is 0 Å². The molecule has 0 radical (unpaired) electrons. The molecule has 1 aromatic heterocycles. The van der Waals surface area contributed by atoms with Gasteiger partial charge in [0, 0.05) is 30.0 Å². The molecule has 3 aromatic rings. The molecule has 2 aromatic carbocycles. The van der Waals surface area contributed by atoms with Gasteiger partial charge in [-0.25, -0.2) is 4.98 Å². The maximum atomic E-state index is 12.1. The molecule has 0 fully saturated rings. The molecule has 0 saturated carbocycles. The summed E-state index contributed by atoms with van der Waals surface area (Å²) in [5, 5.41) is 5.93. The highest BCUT2D eigenvalue weighted by atomic mass is 32.1. The Morgan fingerprint density at radius 1 is 1.10 bits per heavy atom. The lowest BCUT2D eigenvalue weighted by Crippen LogP contribution is -2.23. The standard InChI is InChI=1S/C23H24N2O3S/c1-16-4-8-18(9-5-16)23-25-19(15-29-23)12-13-24-22(26)11-7-17-6-10-20(27-2)21(14-17)28-3/h4-11,14-15H,12-13H2,1-3H3,(H,24,26)/b11-7+. The SMILES string of the molecule is COc1ccc(/C=C/C(=O)NCCc2csc(-c3ccc(C)cc3)n2)cc1OC. The zero-order chi connectivity index (χ0) is 20.6. The number of methoxy groups -OCH3 is 2. The molecule has 3 rings (SSSR count). The highest BCUT2D eigenvalue weighted by Gasteiger charge is 2.06. The molecule has 0 saturated heterocycles. The van der Waals surface area contributed by atoms with Crippen LogP contribution in [-0.4, -0.2) is 31.7 Å². The molecule has 0 spiro atoms. The van der Waals surface area contributed by atoms with Crippen molar-refractivity contribution >= 4 is 23.3 Å². The molecule has 0 aliphatic heterocycles. The second kappa shape index (κ2) is 9.89. The number of hydrogen-bond acceptors (Lipinski definition) is 5. The highest BCUT2D eigenvalue weighted by molar-refractivity contribution is 7.13. The maximum absolute atomic E-state index is 12.1. The van der Waals surface area contributed by atoms with Gasteiger partial charge in [0.15, 0.2) is 11.5 Å². The third kappa shape index (κ3) is 5.68. The summed E-state index contributed by atoms with van der Waals surface area (Å²) in [5.41, 5.74) is 4.19. The van der Waals surface area contributed by atoms with Crippen molar-refractivity contribution in [1.82, 2.24) is 10.3 Å². The number of nitrogens with zero attached hydrogens (tertiary/aromatic N) is 1. The summed E-state index contributed by atoms with van der Waals surface area (Å²) in [7, 11) is 3.17. The molecule has 29 heavy (non-hydrogen) atoms. The predicted octanol–water partition coefficient (Wildman–Crippen LogP) is 4.51. The monoisotopic (exact) mass is 408 g/mol. The van der Waals surface area contributed by atoms with Crippen LogP contribution in [0.25, 0.3) is 16.6 Å². The maximum Gasteiger partial charge on any atom is 0.244 e. The van der Waals surface area contributed by atoms with E-state index in [-0.39, 0.29) is 5.91 Å². The highest BCUT2D eigenvalue weighted by Crippen LogP contribution is 2.28. The summed E-state index contributed by atoms with van der Waals surface area (Å²) in [6.07, 6.45) is 3.95. The molecule has 0 atom stereocenters. The lowest BCUT2D eigenvalue weighted by molar-refractivity contribution is -0.116. The first-order valence-electron chi connectivity index (χ1n) is 9.28. The third-order valence-electron chi connectivity index (χ3n) is 4.37. The fourth-order valence-corrected chi connectivity index (χ4v) is 3.61. The van der Waals surface area contributed by atoms with Crippen LogP contribution in [0.1, 0.15) is 16.8 Å². The Kier molecular flexibility index (Phi) is 7.03. The Labute approximate surface area is 175 Å². The van der Waals surface area contributed by atoms with Gasteiger partial charge >= 0.3 is 0 Å². The van der Waals surface area contributed by atoms with Crippen LogP contribution < -0.4 is 14.8 Å². The number of hydrogen-bond donors (Lipinski definition) is 1. The van der Waals surface area contributed by atoms with Gasteiger partial charge in [0.1, 0.15) is 5.01 Å². The van der Waals surface area contributed by atoms with Crippen molar-refractivity contribution in [2.24, 2.45) is 0 Å². The van der Waals surface area contributed by atoms with E-state index in [2.05, 4.69) is 41.5 Å². The summed E-state index contributed by atoms with van der Waals surface area (Å²) >= 11 is 1.62. The van der Waals surface area contributed by atoms with E-state index in [9.17, 15) is 4.79 Å². The summed E-state index contributed by atoms with van der Waals surface area (Å²) in [5.74, 6) is 1.14. The van der Waals surface area contributed by atoms with Crippen molar-refractivity contribution in [3.05, 3.63) is 70.7 Å². The number of thiazole rings is 1. The summed E-state index contributed by atoms with van der Waals surface area (Å²) in [4.78, 5) is 16.7. The van der Waals surface area contributed by atoms with E-state index >= 15 is 0 Å². The summed E-state index contributed by atoms with van der Waals surface area (Å²) in [6, 6.07) is 13.8. The van der Waals surface area contributed by atoms with E-state index < -0.39 is 0 Å². The van der Waals surface area contributed by atoms with Crippen LogP contribution in [0.15, 0.2) is 53.9 Å². The van der Waals surface area contributed by atoms with Crippen molar-refractivity contribution in [1.29, 1.82) is 0 Å². The van der Waals surface area contributed by atoms with E-state index in [1.165, 1.54) is 11.6 Å². The van der Waals surface area contributed by atoms with Gasteiger partial charge in [-0.1, -0.05) is 35.9 Å². The van der Waals surface area contributed by atoms with E-state index in [1.807, 2.05) is 23.6 Å². The number of carbonyl (C=O) groups excluding carboxylic acids is 1. The van der Waals surface area contributed by atoms with E-state index in [1.54, 1.807) is 31.6 Å². The van der Waals surface area contributed by atoms with Gasteiger partial charge in [-0.05, 0) is 30.7 Å². The molecule has 0 aliphatic carbocycles. The van der Waals surface area contributed by atoms with Gasteiger partial charge < -0.3 is 14.8 Å². The lowest BCUT2D eigenvalue weighted by Gasteiger charge is -2.07. The first-order chi connectivity index (χ1) is 14.1. The smallest absolute Gasteiger partial charge is 0.244 e. The average molecular weight is 409 g/mol. The number of carbonyl (C=O) groups is 1. The normalized spacial score (nSPS) is 10.9. The summed E-state index contributed by atoms with van der Waals surface area (Å²) in [6.45, 7) is 2.60. The Morgan fingerprint density at radius 2 is 1.86 bits per heavy atom.